The molecule has 0 amide bonds. The molecule has 0 saturated heterocycles. The number of hydrogen-bond acceptors (Lipinski definition) is 6. The van der Waals surface area contributed by atoms with Crippen LogP contribution in [0.25, 0.3) is 22.2 Å². The minimum Gasteiger partial charge on any atom is -0.493 e. The van der Waals surface area contributed by atoms with E-state index in [1.807, 2.05) is 60.0 Å². The number of fused-ring (bicyclic) bond motifs is 1. The van der Waals surface area contributed by atoms with Crippen molar-refractivity contribution in [3.63, 3.8) is 0 Å². The molecule has 2 aromatic heterocycles. The average molecular weight is 472 g/mol. The van der Waals surface area contributed by atoms with Gasteiger partial charge in [-0.15, -0.1) is 11.3 Å². The fourth-order valence-corrected chi connectivity index (χ4v) is 4.59. The van der Waals surface area contributed by atoms with Crippen LogP contribution in [0.4, 0.5) is 15.2 Å². The van der Waals surface area contributed by atoms with Gasteiger partial charge in [0.25, 0.3) is 0 Å². The molecule has 3 aromatic carbocycles. The Morgan fingerprint density at radius 3 is 2.47 bits per heavy atom. The Hall–Kier alpha value is -3.97. The normalized spacial score (nSPS) is 10.9. The van der Waals surface area contributed by atoms with Crippen molar-refractivity contribution in [1.82, 2.24) is 9.97 Å². The van der Waals surface area contributed by atoms with Crippen molar-refractivity contribution in [2.45, 2.75) is 6.42 Å². The summed E-state index contributed by atoms with van der Waals surface area (Å²) in [6.45, 7) is 0. The number of hydrogen-bond donors (Lipinski definition) is 1. The molecule has 0 aliphatic carbocycles. The summed E-state index contributed by atoms with van der Waals surface area (Å²) in [5.74, 6) is 0.941. The predicted molar refractivity (Wildman–Crippen MR) is 135 cm³/mol. The van der Waals surface area contributed by atoms with Crippen LogP contribution in [-0.2, 0) is 6.42 Å². The summed E-state index contributed by atoms with van der Waals surface area (Å²) in [7, 11) is 3.18. The number of ether oxygens (including phenoxy) is 2. The number of methoxy groups -OCH3 is 2. The Morgan fingerprint density at radius 1 is 0.912 bits per heavy atom. The van der Waals surface area contributed by atoms with Crippen LogP contribution in [0, 0.1) is 5.82 Å². The quantitative estimate of drug-likeness (QED) is 0.281. The second-order valence-electron chi connectivity index (χ2n) is 7.71. The monoisotopic (exact) mass is 471 g/mol. The lowest BCUT2D eigenvalue weighted by atomic mass is 10.00. The molecule has 0 radical (unpaired) electrons. The van der Waals surface area contributed by atoms with Crippen LogP contribution in [0.3, 0.4) is 0 Å². The Balaban J connectivity index is 1.38. The van der Waals surface area contributed by atoms with E-state index in [2.05, 4.69) is 15.3 Å². The van der Waals surface area contributed by atoms with Crippen LogP contribution < -0.4 is 14.8 Å². The summed E-state index contributed by atoms with van der Waals surface area (Å²) >= 11 is 1.49. The molecular formula is C27H22FN3O2S. The second kappa shape index (κ2) is 9.49. The molecule has 5 rings (SSSR count). The van der Waals surface area contributed by atoms with Crippen molar-refractivity contribution in [2.75, 3.05) is 19.5 Å². The zero-order chi connectivity index (χ0) is 23.5. The number of anilines is 2. The Morgan fingerprint density at radius 2 is 1.71 bits per heavy atom. The topological polar surface area (TPSA) is 56.3 Å². The highest BCUT2D eigenvalue weighted by atomic mass is 32.1. The number of benzene rings is 3. The molecule has 5 nitrogen and oxygen atoms in total. The lowest BCUT2D eigenvalue weighted by Gasteiger charge is -2.12. The summed E-state index contributed by atoms with van der Waals surface area (Å²) in [4.78, 5) is 9.05. The first kappa shape index (κ1) is 21.9. The van der Waals surface area contributed by atoms with Gasteiger partial charge in [-0.05, 0) is 35.4 Å². The number of halogens is 1. The first-order valence-corrected chi connectivity index (χ1v) is 11.6. The van der Waals surface area contributed by atoms with E-state index in [0.29, 0.717) is 34.3 Å². The molecule has 2 heterocycles. The van der Waals surface area contributed by atoms with Crippen LogP contribution in [-0.4, -0.2) is 24.2 Å². The molecule has 0 aliphatic rings. The molecule has 0 unspecified atom stereocenters. The summed E-state index contributed by atoms with van der Waals surface area (Å²) in [6, 6.07) is 20.8. The van der Waals surface area contributed by atoms with E-state index in [9.17, 15) is 0 Å². The van der Waals surface area contributed by atoms with Crippen molar-refractivity contribution in [3.05, 3.63) is 95.3 Å². The van der Waals surface area contributed by atoms with E-state index < -0.39 is 0 Å². The molecule has 7 heteroatoms. The second-order valence-corrected chi connectivity index (χ2v) is 8.56. The third-order valence-corrected chi connectivity index (χ3v) is 6.35. The van der Waals surface area contributed by atoms with Gasteiger partial charge in [-0.1, -0.05) is 36.4 Å². The number of aromatic nitrogens is 2. The highest BCUT2D eigenvalue weighted by Gasteiger charge is 2.13. The first-order chi connectivity index (χ1) is 16.6. The molecule has 1 N–H and O–H groups in total. The maximum atomic E-state index is 15.1. The summed E-state index contributed by atoms with van der Waals surface area (Å²) in [5, 5.41) is 6.81. The van der Waals surface area contributed by atoms with Gasteiger partial charge in [0.15, 0.2) is 16.6 Å². The van der Waals surface area contributed by atoms with Gasteiger partial charge < -0.3 is 14.8 Å². The SMILES string of the molecule is COc1cc2nccc(Cc3ccc(Nc4nc(-c5ccccc5)cs4)cc3F)c2cc1OC. The first-order valence-electron chi connectivity index (χ1n) is 10.7. The number of rotatable bonds is 7. The fraction of sp³-hybridized carbons (Fsp3) is 0.111. The van der Waals surface area contributed by atoms with Crippen LogP contribution in [0.5, 0.6) is 11.5 Å². The largest absolute Gasteiger partial charge is 0.493 e. The van der Waals surface area contributed by atoms with Crippen LogP contribution in [0.1, 0.15) is 11.1 Å². The van der Waals surface area contributed by atoms with Crippen molar-refractivity contribution in [1.29, 1.82) is 0 Å². The van der Waals surface area contributed by atoms with Gasteiger partial charge in [-0.25, -0.2) is 9.37 Å². The molecule has 0 atom stereocenters. The molecule has 34 heavy (non-hydrogen) atoms. The smallest absolute Gasteiger partial charge is 0.187 e. The van der Waals surface area contributed by atoms with E-state index >= 15 is 4.39 Å². The van der Waals surface area contributed by atoms with Crippen molar-refractivity contribution >= 4 is 33.1 Å². The Labute approximate surface area is 200 Å². The van der Waals surface area contributed by atoms with Gasteiger partial charge in [0.05, 0.1) is 25.4 Å². The van der Waals surface area contributed by atoms with Crippen molar-refractivity contribution < 1.29 is 13.9 Å². The summed E-state index contributed by atoms with van der Waals surface area (Å²) < 4.78 is 25.9. The van der Waals surface area contributed by atoms with Crippen molar-refractivity contribution in [3.8, 4) is 22.8 Å². The van der Waals surface area contributed by atoms with E-state index in [-0.39, 0.29) is 5.82 Å². The lowest BCUT2D eigenvalue weighted by Crippen LogP contribution is -1.98. The van der Waals surface area contributed by atoms with Gasteiger partial charge in [0.2, 0.25) is 0 Å². The number of pyridine rings is 1. The van der Waals surface area contributed by atoms with E-state index in [1.165, 1.54) is 17.4 Å². The maximum absolute atomic E-state index is 15.1. The van der Waals surface area contributed by atoms with Crippen LogP contribution >= 0.6 is 11.3 Å². The third-order valence-electron chi connectivity index (χ3n) is 5.60. The van der Waals surface area contributed by atoms with E-state index in [0.717, 1.165) is 27.7 Å². The van der Waals surface area contributed by atoms with Crippen LogP contribution in [0.15, 0.2) is 78.3 Å². The molecule has 0 aliphatic heterocycles. The van der Waals surface area contributed by atoms with Gasteiger partial charge >= 0.3 is 0 Å². The minimum absolute atomic E-state index is 0.282. The molecule has 170 valence electrons. The Kier molecular flexibility index (Phi) is 6.10. The molecular weight excluding hydrogens is 449 g/mol. The molecule has 0 fully saturated rings. The van der Waals surface area contributed by atoms with E-state index in [1.54, 1.807) is 26.5 Å². The highest BCUT2D eigenvalue weighted by molar-refractivity contribution is 7.14. The molecule has 0 spiro atoms. The lowest BCUT2D eigenvalue weighted by molar-refractivity contribution is 0.356. The zero-order valence-corrected chi connectivity index (χ0v) is 19.5. The standard InChI is InChI=1S/C27H22FN3O2S/c1-32-25-14-21-18(10-11-29-23(21)15-26(25)33-2)12-19-8-9-20(13-22(19)28)30-27-31-24(16-34-27)17-6-4-3-5-7-17/h3-11,13-16H,12H2,1-2H3,(H,30,31). The van der Waals surface area contributed by atoms with Gasteiger partial charge in [-0.2, -0.15) is 0 Å². The number of thiazole rings is 1. The highest BCUT2D eigenvalue weighted by Crippen LogP contribution is 2.34. The summed E-state index contributed by atoms with van der Waals surface area (Å²) in [6.07, 6.45) is 2.15. The van der Waals surface area contributed by atoms with Gasteiger partial charge in [0.1, 0.15) is 5.82 Å². The van der Waals surface area contributed by atoms with E-state index in [4.69, 9.17) is 9.47 Å². The Bertz CT molecular complexity index is 1450. The molecule has 0 bridgehead atoms. The third kappa shape index (κ3) is 4.43. The minimum atomic E-state index is -0.282. The average Bonchev–Trinajstić information content (AvgIpc) is 3.34. The van der Waals surface area contributed by atoms with Crippen molar-refractivity contribution in [2.24, 2.45) is 0 Å². The fourth-order valence-electron chi connectivity index (χ4n) is 3.85. The maximum Gasteiger partial charge on any atom is 0.187 e. The predicted octanol–water partition coefficient (Wildman–Crippen LogP) is 6.85. The molecule has 5 aromatic rings. The number of nitrogens with zero attached hydrogens (tertiary/aromatic N) is 2. The van der Waals surface area contributed by atoms with Gasteiger partial charge in [-0.3, -0.25) is 4.98 Å². The zero-order valence-electron chi connectivity index (χ0n) is 18.7. The molecule has 0 saturated carbocycles. The number of nitrogens with one attached hydrogen (secondary N) is 1. The van der Waals surface area contributed by atoms with Gasteiger partial charge in [0, 0.05) is 40.7 Å². The van der Waals surface area contributed by atoms with Crippen LogP contribution in [0.2, 0.25) is 0 Å². The summed E-state index contributed by atoms with van der Waals surface area (Å²) in [5.41, 5.74) is 4.91.